The summed E-state index contributed by atoms with van der Waals surface area (Å²) in [5, 5.41) is 6.01. The average Bonchev–Trinajstić information content (AvgIpc) is 3.37. The van der Waals surface area contributed by atoms with E-state index in [4.69, 9.17) is 11.6 Å². The Morgan fingerprint density at radius 1 is 0.976 bits per heavy atom. The van der Waals surface area contributed by atoms with Crippen molar-refractivity contribution in [3.63, 3.8) is 0 Å². The van der Waals surface area contributed by atoms with E-state index in [0.29, 0.717) is 26.2 Å². The van der Waals surface area contributed by atoms with Gasteiger partial charge in [-0.15, -0.1) is 0 Å². The van der Waals surface area contributed by atoms with Gasteiger partial charge in [0.05, 0.1) is 22.5 Å². The van der Waals surface area contributed by atoms with Crippen LogP contribution in [0.3, 0.4) is 0 Å². The average molecular weight is 589 g/mol. The number of piperazine rings is 1. The molecular formula is C28H28ClF3N6O3. The van der Waals surface area contributed by atoms with Crippen molar-refractivity contribution in [1.82, 2.24) is 24.7 Å². The molecule has 3 aromatic rings. The van der Waals surface area contributed by atoms with E-state index in [1.165, 1.54) is 36.0 Å². The molecule has 2 aliphatic rings. The number of rotatable bonds is 5. The van der Waals surface area contributed by atoms with E-state index in [1.807, 2.05) is 4.90 Å². The summed E-state index contributed by atoms with van der Waals surface area (Å²) in [6.45, 7) is 3.38. The number of carbonyl (C=O) groups is 3. The van der Waals surface area contributed by atoms with Crippen LogP contribution in [0.4, 0.5) is 18.9 Å². The first kappa shape index (κ1) is 28.6. The van der Waals surface area contributed by atoms with Crippen molar-refractivity contribution in [1.29, 1.82) is 0 Å². The van der Waals surface area contributed by atoms with Gasteiger partial charge in [-0.05, 0) is 56.3 Å². The number of nitrogens with one attached hydrogen (secondary N) is 2. The molecule has 2 aliphatic heterocycles. The third-order valence-electron chi connectivity index (χ3n) is 7.53. The van der Waals surface area contributed by atoms with Gasteiger partial charge in [0.2, 0.25) is 5.91 Å². The predicted octanol–water partition coefficient (Wildman–Crippen LogP) is 3.69. The quantitative estimate of drug-likeness (QED) is 0.443. The maximum absolute atomic E-state index is 14.3. The standard InChI is InChI=1S/C28H28ClF3N6O3/c1-36-22(19-4-5-21(30)24(32)23(19)31)15-34-25(36)26(39)35-17-2-3-18(20(29)14-17)28(41)38-12-10-37(11-13-38)27(40)16-6-8-33-9-7-16/h2-5,14-16,33H,6-13H2,1H3,(H,35,39). The molecule has 0 spiro atoms. The first-order valence-electron chi connectivity index (χ1n) is 13.2. The minimum absolute atomic E-state index is 0.0279. The second-order valence-electron chi connectivity index (χ2n) is 10.0. The second kappa shape index (κ2) is 11.9. The molecule has 2 fully saturated rings. The monoisotopic (exact) mass is 588 g/mol. The summed E-state index contributed by atoms with van der Waals surface area (Å²) in [5.41, 5.74) is 0.372. The second-order valence-corrected chi connectivity index (χ2v) is 10.4. The third-order valence-corrected chi connectivity index (χ3v) is 7.84. The Labute approximate surface area is 239 Å². The minimum atomic E-state index is -1.62. The van der Waals surface area contributed by atoms with Gasteiger partial charge >= 0.3 is 0 Å². The molecule has 0 bridgehead atoms. The number of amides is 3. The van der Waals surface area contributed by atoms with Crippen molar-refractivity contribution < 1.29 is 27.6 Å². The van der Waals surface area contributed by atoms with E-state index in [0.717, 1.165) is 38.1 Å². The fraction of sp³-hybridized carbons (Fsp3) is 0.357. The summed E-state index contributed by atoms with van der Waals surface area (Å²) in [4.78, 5) is 46.3. The Kier molecular flexibility index (Phi) is 8.32. The van der Waals surface area contributed by atoms with E-state index < -0.39 is 23.4 Å². The van der Waals surface area contributed by atoms with Crippen LogP contribution >= 0.6 is 11.6 Å². The summed E-state index contributed by atoms with van der Waals surface area (Å²) in [6.07, 6.45) is 2.83. The lowest BCUT2D eigenvalue weighted by Gasteiger charge is -2.37. The van der Waals surface area contributed by atoms with Crippen molar-refractivity contribution in [2.75, 3.05) is 44.6 Å². The molecule has 9 nitrogen and oxygen atoms in total. The highest BCUT2D eigenvalue weighted by Gasteiger charge is 2.30. The van der Waals surface area contributed by atoms with Crippen molar-refractivity contribution >= 4 is 35.0 Å². The van der Waals surface area contributed by atoms with Crippen LogP contribution in [0.2, 0.25) is 5.02 Å². The van der Waals surface area contributed by atoms with Crippen LogP contribution < -0.4 is 10.6 Å². The van der Waals surface area contributed by atoms with E-state index in [2.05, 4.69) is 15.6 Å². The van der Waals surface area contributed by atoms with Gasteiger partial charge in [-0.1, -0.05) is 11.6 Å². The Balaban J connectivity index is 1.22. The minimum Gasteiger partial charge on any atom is -0.339 e. The molecule has 13 heteroatoms. The highest BCUT2D eigenvalue weighted by molar-refractivity contribution is 6.34. The number of hydrogen-bond acceptors (Lipinski definition) is 5. The molecular weight excluding hydrogens is 561 g/mol. The number of benzene rings is 2. The molecule has 0 radical (unpaired) electrons. The van der Waals surface area contributed by atoms with E-state index in [9.17, 15) is 27.6 Å². The molecule has 0 atom stereocenters. The van der Waals surface area contributed by atoms with Crippen LogP contribution in [0, 0.1) is 23.4 Å². The molecule has 0 aliphatic carbocycles. The number of anilines is 1. The van der Waals surface area contributed by atoms with Crippen molar-refractivity contribution in [3.05, 3.63) is 70.4 Å². The Morgan fingerprint density at radius 2 is 1.66 bits per heavy atom. The first-order chi connectivity index (χ1) is 19.7. The number of carbonyl (C=O) groups excluding carboxylic acids is 3. The normalized spacial score (nSPS) is 16.1. The van der Waals surface area contributed by atoms with E-state index in [-0.39, 0.29) is 51.1 Å². The molecule has 3 amide bonds. The lowest BCUT2D eigenvalue weighted by atomic mass is 9.96. The third kappa shape index (κ3) is 5.80. The first-order valence-corrected chi connectivity index (χ1v) is 13.6. The summed E-state index contributed by atoms with van der Waals surface area (Å²) < 4.78 is 42.6. The van der Waals surface area contributed by atoms with Gasteiger partial charge in [0.25, 0.3) is 11.8 Å². The van der Waals surface area contributed by atoms with Crippen molar-refractivity contribution in [2.24, 2.45) is 13.0 Å². The Hall–Kier alpha value is -3.90. The number of piperidine rings is 1. The van der Waals surface area contributed by atoms with Crippen LogP contribution in [0.15, 0.2) is 36.5 Å². The summed E-state index contributed by atoms with van der Waals surface area (Å²) in [7, 11) is 1.44. The number of imidazole rings is 1. The largest absolute Gasteiger partial charge is 0.339 e. The van der Waals surface area contributed by atoms with Crippen LogP contribution in [-0.2, 0) is 11.8 Å². The number of aromatic nitrogens is 2. The highest BCUT2D eigenvalue weighted by Crippen LogP contribution is 2.28. The molecule has 1 aromatic heterocycles. The van der Waals surface area contributed by atoms with Crippen LogP contribution in [0.1, 0.15) is 33.8 Å². The SMILES string of the molecule is Cn1c(-c2ccc(F)c(F)c2F)cnc1C(=O)Nc1ccc(C(=O)N2CCN(C(=O)C3CCNCC3)CC2)c(Cl)c1. The molecule has 3 heterocycles. The molecule has 41 heavy (non-hydrogen) atoms. The maximum Gasteiger partial charge on any atom is 0.291 e. The van der Waals surface area contributed by atoms with Crippen LogP contribution in [-0.4, -0.2) is 76.3 Å². The van der Waals surface area contributed by atoms with Crippen LogP contribution in [0.5, 0.6) is 0 Å². The lowest BCUT2D eigenvalue weighted by molar-refractivity contribution is -0.137. The molecule has 2 N–H and O–H groups in total. The molecule has 0 saturated carbocycles. The summed E-state index contributed by atoms with van der Waals surface area (Å²) >= 11 is 6.42. The van der Waals surface area contributed by atoms with Gasteiger partial charge in [-0.3, -0.25) is 14.4 Å². The summed E-state index contributed by atoms with van der Waals surface area (Å²) in [5.74, 6) is -5.21. The van der Waals surface area contributed by atoms with Gasteiger partial charge in [-0.25, -0.2) is 18.2 Å². The summed E-state index contributed by atoms with van der Waals surface area (Å²) in [6, 6.07) is 6.32. The zero-order chi connectivity index (χ0) is 29.3. The molecule has 2 aromatic carbocycles. The molecule has 5 rings (SSSR count). The van der Waals surface area contributed by atoms with E-state index >= 15 is 0 Å². The van der Waals surface area contributed by atoms with E-state index in [1.54, 1.807) is 4.90 Å². The lowest BCUT2D eigenvalue weighted by Crippen LogP contribution is -2.52. The maximum atomic E-state index is 14.3. The van der Waals surface area contributed by atoms with Gasteiger partial charge in [-0.2, -0.15) is 0 Å². The molecule has 2 saturated heterocycles. The molecule has 216 valence electrons. The van der Waals surface area contributed by atoms with Gasteiger partial charge in [0.15, 0.2) is 23.3 Å². The van der Waals surface area contributed by atoms with Gasteiger partial charge < -0.3 is 25.0 Å². The topological polar surface area (TPSA) is 99.6 Å². The zero-order valence-corrected chi connectivity index (χ0v) is 23.0. The highest BCUT2D eigenvalue weighted by atomic mass is 35.5. The number of halogens is 4. The zero-order valence-electron chi connectivity index (χ0n) is 22.2. The number of nitrogens with zero attached hydrogens (tertiary/aromatic N) is 4. The van der Waals surface area contributed by atoms with Gasteiger partial charge in [0, 0.05) is 50.4 Å². The fourth-order valence-electron chi connectivity index (χ4n) is 5.18. The Bertz CT molecular complexity index is 1500. The smallest absolute Gasteiger partial charge is 0.291 e. The van der Waals surface area contributed by atoms with Gasteiger partial charge in [0.1, 0.15) is 0 Å². The van der Waals surface area contributed by atoms with Crippen molar-refractivity contribution in [2.45, 2.75) is 12.8 Å². The van der Waals surface area contributed by atoms with Crippen LogP contribution in [0.25, 0.3) is 11.3 Å². The predicted molar refractivity (Wildman–Crippen MR) is 146 cm³/mol. The fourth-order valence-corrected chi connectivity index (χ4v) is 5.44. The number of hydrogen-bond donors (Lipinski definition) is 2. The Morgan fingerprint density at radius 3 is 2.34 bits per heavy atom. The molecule has 0 unspecified atom stereocenters. The van der Waals surface area contributed by atoms with Crippen molar-refractivity contribution in [3.8, 4) is 11.3 Å².